The van der Waals surface area contributed by atoms with Gasteiger partial charge in [-0.1, -0.05) is 6.42 Å². The summed E-state index contributed by atoms with van der Waals surface area (Å²) in [6.45, 7) is 0.850. The maximum atomic E-state index is 13.3. The number of aromatic nitrogens is 1. The van der Waals surface area contributed by atoms with E-state index in [9.17, 15) is 8.78 Å². The molecule has 1 aromatic rings. The van der Waals surface area contributed by atoms with E-state index in [1.807, 2.05) is 0 Å². The van der Waals surface area contributed by atoms with Crippen LogP contribution in [0, 0.1) is 11.8 Å². The van der Waals surface area contributed by atoms with Gasteiger partial charge in [0, 0.05) is 0 Å². The minimum absolute atomic E-state index is 0.126. The lowest BCUT2D eigenvalue weighted by Crippen LogP contribution is -2.28. The zero-order valence-corrected chi connectivity index (χ0v) is 7.76. The summed E-state index contributed by atoms with van der Waals surface area (Å²) < 4.78 is 26.1. The summed E-state index contributed by atoms with van der Waals surface area (Å²) in [6.07, 6.45) is 2.95. The van der Waals surface area contributed by atoms with E-state index in [0.717, 1.165) is 37.9 Å². The third-order valence-electron chi connectivity index (χ3n) is 2.48. The van der Waals surface area contributed by atoms with Gasteiger partial charge < -0.3 is 5.32 Å². The zero-order chi connectivity index (χ0) is 9.97. The predicted molar refractivity (Wildman–Crippen MR) is 48.7 cm³/mol. The number of hydrogen-bond acceptors (Lipinski definition) is 2. The van der Waals surface area contributed by atoms with Gasteiger partial charge >= 0.3 is 0 Å². The molecule has 2 heterocycles. The number of nitrogens with zero attached hydrogens (tertiary/aromatic N) is 1. The fourth-order valence-electron chi connectivity index (χ4n) is 1.76. The van der Waals surface area contributed by atoms with Gasteiger partial charge in [0.25, 0.3) is 0 Å². The van der Waals surface area contributed by atoms with E-state index in [4.69, 9.17) is 0 Å². The van der Waals surface area contributed by atoms with Crippen molar-refractivity contribution < 1.29 is 8.78 Å². The van der Waals surface area contributed by atoms with Crippen LogP contribution in [0.1, 0.15) is 31.0 Å². The van der Waals surface area contributed by atoms with E-state index in [1.165, 1.54) is 0 Å². The maximum Gasteiger partial charge on any atom is 0.213 e. The SMILES string of the molecule is Fc1ccc(F)c([C@@H]2CCCCN2)n1. The van der Waals surface area contributed by atoms with Crippen LogP contribution in [0.2, 0.25) is 0 Å². The Kier molecular flexibility index (Phi) is 2.72. The molecule has 1 saturated heterocycles. The molecule has 0 aromatic carbocycles. The summed E-state index contributed by atoms with van der Waals surface area (Å²) in [5, 5.41) is 3.13. The third kappa shape index (κ3) is 1.90. The van der Waals surface area contributed by atoms with E-state index in [0.29, 0.717) is 0 Å². The van der Waals surface area contributed by atoms with Gasteiger partial charge in [-0.3, -0.25) is 0 Å². The summed E-state index contributed by atoms with van der Waals surface area (Å²) in [4.78, 5) is 3.59. The molecule has 1 aromatic heterocycles. The summed E-state index contributed by atoms with van der Waals surface area (Å²) in [5.41, 5.74) is 0.213. The van der Waals surface area contributed by atoms with Crippen molar-refractivity contribution in [3.8, 4) is 0 Å². The van der Waals surface area contributed by atoms with Crippen LogP contribution in [-0.4, -0.2) is 11.5 Å². The number of pyridine rings is 1. The standard InChI is InChI=1S/C10H12F2N2/c11-7-4-5-9(12)14-10(7)8-3-1-2-6-13-8/h4-5,8,13H,1-3,6H2/t8-/m0/s1. The Morgan fingerprint density at radius 1 is 1.29 bits per heavy atom. The molecule has 14 heavy (non-hydrogen) atoms. The van der Waals surface area contributed by atoms with Crippen LogP contribution in [-0.2, 0) is 0 Å². The predicted octanol–water partition coefficient (Wildman–Crippen LogP) is 2.17. The van der Waals surface area contributed by atoms with Crippen LogP contribution in [0.4, 0.5) is 8.78 Å². The summed E-state index contributed by atoms with van der Waals surface area (Å²) >= 11 is 0. The second-order valence-electron chi connectivity index (χ2n) is 3.50. The molecule has 1 aliphatic heterocycles. The van der Waals surface area contributed by atoms with Gasteiger partial charge in [-0.15, -0.1) is 0 Å². The first kappa shape index (κ1) is 9.52. The number of hydrogen-bond donors (Lipinski definition) is 1. The molecular formula is C10H12F2N2. The van der Waals surface area contributed by atoms with Gasteiger partial charge in [-0.2, -0.15) is 4.39 Å². The van der Waals surface area contributed by atoms with Crippen LogP contribution >= 0.6 is 0 Å². The van der Waals surface area contributed by atoms with Crippen molar-refractivity contribution in [2.45, 2.75) is 25.3 Å². The second kappa shape index (κ2) is 4.00. The first-order valence-corrected chi connectivity index (χ1v) is 4.83. The molecular weight excluding hydrogens is 186 g/mol. The smallest absolute Gasteiger partial charge is 0.213 e. The maximum absolute atomic E-state index is 13.3. The summed E-state index contributed by atoms with van der Waals surface area (Å²) in [6, 6.07) is 2.05. The van der Waals surface area contributed by atoms with Crippen molar-refractivity contribution in [1.29, 1.82) is 0 Å². The molecule has 0 aliphatic carbocycles. The normalized spacial score (nSPS) is 22.3. The molecule has 76 valence electrons. The Bertz CT molecular complexity index is 322. The molecule has 0 spiro atoms. The molecule has 1 N–H and O–H groups in total. The Balaban J connectivity index is 2.24. The highest BCUT2D eigenvalue weighted by Crippen LogP contribution is 2.23. The van der Waals surface area contributed by atoms with E-state index >= 15 is 0 Å². The number of nitrogens with one attached hydrogen (secondary N) is 1. The fraction of sp³-hybridized carbons (Fsp3) is 0.500. The van der Waals surface area contributed by atoms with Crippen molar-refractivity contribution in [3.63, 3.8) is 0 Å². The third-order valence-corrected chi connectivity index (χ3v) is 2.48. The Hall–Kier alpha value is -1.03. The Morgan fingerprint density at radius 3 is 2.86 bits per heavy atom. The molecule has 0 saturated carbocycles. The van der Waals surface area contributed by atoms with Gasteiger partial charge in [0.15, 0.2) is 0 Å². The van der Waals surface area contributed by atoms with Crippen molar-refractivity contribution in [2.24, 2.45) is 0 Å². The highest BCUT2D eigenvalue weighted by molar-refractivity contribution is 5.12. The largest absolute Gasteiger partial charge is 0.309 e. The van der Waals surface area contributed by atoms with E-state index in [-0.39, 0.29) is 11.7 Å². The van der Waals surface area contributed by atoms with Crippen molar-refractivity contribution in [2.75, 3.05) is 6.54 Å². The van der Waals surface area contributed by atoms with Crippen LogP contribution in [0.3, 0.4) is 0 Å². The average molecular weight is 198 g/mol. The lowest BCUT2D eigenvalue weighted by atomic mass is 10.0. The Labute approximate surface area is 81.4 Å². The molecule has 1 fully saturated rings. The molecule has 2 rings (SSSR count). The topological polar surface area (TPSA) is 24.9 Å². The van der Waals surface area contributed by atoms with Gasteiger partial charge in [0.05, 0.1) is 11.7 Å². The lowest BCUT2D eigenvalue weighted by molar-refractivity contribution is 0.385. The van der Waals surface area contributed by atoms with Crippen LogP contribution in [0.25, 0.3) is 0 Å². The zero-order valence-electron chi connectivity index (χ0n) is 7.76. The average Bonchev–Trinajstić information content (AvgIpc) is 2.23. The first-order chi connectivity index (χ1) is 6.77. The number of piperidine rings is 1. The van der Waals surface area contributed by atoms with E-state index in [1.54, 1.807) is 0 Å². The first-order valence-electron chi connectivity index (χ1n) is 4.83. The van der Waals surface area contributed by atoms with Gasteiger partial charge in [-0.25, -0.2) is 9.37 Å². The van der Waals surface area contributed by atoms with Gasteiger partial charge in [-0.05, 0) is 31.5 Å². The molecule has 0 bridgehead atoms. The number of halogens is 2. The van der Waals surface area contributed by atoms with Gasteiger partial charge in [0.1, 0.15) is 5.82 Å². The highest BCUT2D eigenvalue weighted by atomic mass is 19.1. The molecule has 1 atom stereocenters. The van der Waals surface area contributed by atoms with E-state index < -0.39 is 11.8 Å². The molecule has 0 unspecified atom stereocenters. The molecule has 2 nitrogen and oxygen atoms in total. The molecule has 0 amide bonds. The fourth-order valence-corrected chi connectivity index (χ4v) is 1.76. The lowest BCUT2D eigenvalue weighted by Gasteiger charge is -2.23. The summed E-state index contributed by atoms with van der Waals surface area (Å²) in [7, 11) is 0. The van der Waals surface area contributed by atoms with Crippen molar-refractivity contribution in [3.05, 3.63) is 29.6 Å². The van der Waals surface area contributed by atoms with Crippen molar-refractivity contribution in [1.82, 2.24) is 10.3 Å². The molecule has 1 aliphatic rings. The minimum atomic E-state index is -0.617. The number of rotatable bonds is 1. The van der Waals surface area contributed by atoms with E-state index in [2.05, 4.69) is 10.3 Å². The van der Waals surface area contributed by atoms with Crippen LogP contribution < -0.4 is 5.32 Å². The van der Waals surface area contributed by atoms with Crippen LogP contribution in [0.5, 0.6) is 0 Å². The second-order valence-corrected chi connectivity index (χ2v) is 3.50. The molecule has 0 radical (unpaired) electrons. The van der Waals surface area contributed by atoms with Gasteiger partial charge in [0.2, 0.25) is 5.95 Å². The monoisotopic (exact) mass is 198 g/mol. The summed E-state index contributed by atoms with van der Waals surface area (Å²) in [5.74, 6) is -1.04. The highest BCUT2D eigenvalue weighted by Gasteiger charge is 2.19. The minimum Gasteiger partial charge on any atom is -0.309 e. The van der Waals surface area contributed by atoms with Crippen molar-refractivity contribution >= 4 is 0 Å². The molecule has 4 heteroatoms. The quantitative estimate of drug-likeness (QED) is 0.699. The Morgan fingerprint density at radius 2 is 2.14 bits per heavy atom. The van der Waals surface area contributed by atoms with Crippen LogP contribution in [0.15, 0.2) is 12.1 Å².